The number of hydrogen-bond acceptors (Lipinski definition) is 5. The van der Waals surface area contributed by atoms with E-state index < -0.39 is 10.0 Å². The number of imidazole rings is 1. The number of aromatic nitrogens is 2. The van der Waals surface area contributed by atoms with Crippen molar-refractivity contribution in [2.45, 2.75) is 44.6 Å². The zero-order valence-electron chi connectivity index (χ0n) is 18.3. The molecule has 30 heavy (non-hydrogen) atoms. The molecule has 1 unspecified atom stereocenters. The van der Waals surface area contributed by atoms with Gasteiger partial charge in [0.05, 0.1) is 22.5 Å². The van der Waals surface area contributed by atoms with Gasteiger partial charge in [-0.15, -0.1) is 0 Å². The summed E-state index contributed by atoms with van der Waals surface area (Å²) in [7, 11) is -0.493. The molecule has 1 saturated heterocycles. The number of sulfonamides is 1. The van der Waals surface area contributed by atoms with E-state index in [4.69, 9.17) is 4.74 Å². The van der Waals surface area contributed by atoms with Crippen LogP contribution in [-0.2, 0) is 32.5 Å². The maximum absolute atomic E-state index is 12.8. The Balaban J connectivity index is 1.77. The van der Waals surface area contributed by atoms with Crippen molar-refractivity contribution in [1.29, 1.82) is 0 Å². The van der Waals surface area contributed by atoms with Crippen LogP contribution in [0.5, 0.6) is 0 Å². The summed E-state index contributed by atoms with van der Waals surface area (Å²) in [5, 5.41) is 0. The van der Waals surface area contributed by atoms with E-state index in [9.17, 15) is 13.2 Å². The topological polar surface area (TPSA) is 84.7 Å². The Kier molecular flexibility index (Phi) is 7.15. The third kappa shape index (κ3) is 4.68. The van der Waals surface area contributed by atoms with Crippen molar-refractivity contribution in [2.75, 3.05) is 40.4 Å². The molecule has 0 bridgehead atoms. The zero-order valence-corrected chi connectivity index (χ0v) is 19.1. The lowest BCUT2D eigenvalue weighted by molar-refractivity contribution is -0.131. The van der Waals surface area contributed by atoms with Crippen molar-refractivity contribution in [1.82, 2.24) is 18.8 Å². The van der Waals surface area contributed by atoms with Crippen LogP contribution in [0, 0.1) is 5.92 Å². The second-order valence-electron chi connectivity index (χ2n) is 7.87. The van der Waals surface area contributed by atoms with Gasteiger partial charge in [-0.1, -0.05) is 0 Å². The maximum atomic E-state index is 12.8. The average Bonchev–Trinajstić information content (AvgIpc) is 3.36. The smallest absolute Gasteiger partial charge is 0.242 e. The summed E-state index contributed by atoms with van der Waals surface area (Å²) in [6, 6.07) is 5.02. The summed E-state index contributed by atoms with van der Waals surface area (Å²) in [5.41, 5.74) is 1.52. The van der Waals surface area contributed by atoms with Gasteiger partial charge >= 0.3 is 0 Å². The second kappa shape index (κ2) is 9.45. The highest BCUT2D eigenvalue weighted by atomic mass is 32.2. The maximum Gasteiger partial charge on any atom is 0.242 e. The number of ether oxygens (including phenoxy) is 1. The minimum absolute atomic E-state index is 0.120. The van der Waals surface area contributed by atoms with Crippen molar-refractivity contribution >= 4 is 27.0 Å². The van der Waals surface area contributed by atoms with Crippen LogP contribution >= 0.6 is 0 Å². The van der Waals surface area contributed by atoms with Gasteiger partial charge in [-0.3, -0.25) is 4.79 Å². The number of hydrogen-bond donors (Lipinski definition) is 0. The fraction of sp³-hybridized carbons (Fsp3) is 0.619. The zero-order chi connectivity index (χ0) is 21.9. The number of aryl methyl sites for hydroxylation is 2. The van der Waals surface area contributed by atoms with Crippen molar-refractivity contribution in [3.8, 4) is 0 Å². The van der Waals surface area contributed by atoms with E-state index in [0.717, 1.165) is 37.5 Å². The first-order valence-electron chi connectivity index (χ1n) is 10.5. The minimum atomic E-state index is -3.52. The Hall–Kier alpha value is -1.97. The van der Waals surface area contributed by atoms with E-state index in [1.807, 2.05) is 18.7 Å². The average molecular weight is 437 g/mol. The molecule has 1 atom stereocenters. The molecule has 1 aromatic heterocycles. The van der Waals surface area contributed by atoms with Crippen LogP contribution in [0.1, 0.15) is 32.5 Å². The Morgan fingerprint density at radius 3 is 2.67 bits per heavy atom. The monoisotopic (exact) mass is 436 g/mol. The molecule has 3 rings (SSSR count). The van der Waals surface area contributed by atoms with Crippen LogP contribution in [-0.4, -0.2) is 73.5 Å². The van der Waals surface area contributed by atoms with Crippen molar-refractivity contribution in [3.63, 3.8) is 0 Å². The van der Waals surface area contributed by atoms with Crippen molar-refractivity contribution < 1.29 is 17.9 Å². The number of fused-ring (bicyclic) bond motifs is 1. The number of benzene rings is 1. The van der Waals surface area contributed by atoms with Gasteiger partial charge in [-0.05, 0) is 38.5 Å². The van der Waals surface area contributed by atoms with Crippen LogP contribution in [0.4, 0.5) is 0 Å². The largest absolute Gasteiger partial charge is 0.381 e. The summed E-state index contributed by atoms with van der Waals surface area (Å²) in [6.07, 6.45) is 1.91. The van der Waals surface area contributed by atoms with Gasteiger partial charge in [0.2, 0.25) is 15.9 Å². The molecule has 1 aliphatic heterocycles. The quantitative estimate of drug-likeness (QED) is 0.601. The number of amides is 1. The Labute approximate surface area is 178 Å². The molecule has 0 radical (unpaired) electrons. The molecule has 2 heterocycles. The molecule has 9 heteroatoms. The number of carbonyl (C=O) groups is 1. The fourth-order valence-electron chi connectivity index (χ4n) is 3.90. The number of nitrogens with zero attached hydrogens (tertiary/aromatic N) is 4. The lowest BCUT2D eigenvalue weighted by atomic mass is 10.1. The van der Waals surface area contributed by atoms with Gasteiger partial charge in [0, 0.05) is 59.1 Å². The summed E-state index contributed by atoms with van der Waals surface area (Å²) in [4.78, 5) is 19.6. The van der Waals surface area contributed by atoms with Crippen molar-refractivity contribution in [2.24, 2.45) is 5.92 Å². The van der Waals surface area contributed by atoms with Crippen LogP contribution in [0.3, 0.4) is 0 Å². The van der Waals surface area contributed by atoms with E-state index in [0.29, 0.717) is 37.4 Å². The summed E-state index contributed by atoms with van der Waals surface area (Å²) < 4.78 is 33.5. The minimum Gasteiger partial charge on any atom is -0.381 e. The Morgan fingerprint density at radius 1 is 1.30 bits per heavy atom. The summed E-state index contributed by atoms with van der Waals surface area (Å²) in [6.45, 7) is 7.67. The van der Waals surface area contributed by atoms with Crippen molar-refractivity contribution in [3.05, 3.63) is 24.0 Å². The number of carbonyl (C=O) groups excluding carboxylic acids is 1. The fourth-order valence-corrected chi connectivity index (χ4v) is 4.82. The van der Waals surface area contributed by atoms with Crippen LogP contribution in [0.15, 0.2) is 23.1 Å². The van der Waals surface area contributed by atoms with Crippen LogP contribution < -0.4 is 0 Å². The van der Waals surface area contributed by atoms with E-state index in [-0.39, 0.29) is 10.8 Å². The number of rotatable bonds is 9. The standard InChI is InChI=1S/C21H32N4O4S/c1-5-24(14-16-11-12-29-15-16)21(26)10-9-20-22-18-13-17(30(27,28)23(3)4)7-8-19(18)25(20)6-2/h7-8,13,16H,5-6,9-12,14-15H2,1-4H3. The molecule has 1 amide bonds. The lowest BCUT2D eigenvalue weighted by Gasteiger charge is -2.23. The Bertz CT molecular complexity index is 994. The predicted molar refractivity (Wildman–Crippen MR) is 116 cm³/mol. The molecule has 0 saturated carbocycles. The third-order valence-electron chi connectivity index (χ3n) is 5.69. The predicted octanol–water partition coefficient (Wildman–Crippen LogP) is 2.12. The molecular weight excluding hydrogens is 404 g/mol. The molecular formula is C21H32N4O4S. The highest BCUT2D eigenvalue weighted by Gasteiger charge is 2.23. The van der Waals surface area contributed by atoms with Gasteiger partial charge in [0.1, 0.15) is 5.82 Å². The first kappa shape index (κ1) is 22.7. The molecule has 8 nitrogen and oxygen atoms in total. The first-order chi connectivity index (χ1) is 14.3. The first-order valence-corrected chi connectivity index (χ1v) is 12.0. The molecule has 1 aromatic carbocycles. The molecule has 166 valence electrons. The second-order valence-corrected chi connectivity index (χ2v) is 10.0. The summed E-state index contributed by atoms with van der Waals surface area (Å²) >= 11 is 0. The third-order valence-corrected chi connectivity index (χ3v) is 7.50. The molecule has 0 N–H and O–H groups in total. The lowest BCUT2D eigenvalue weighted by Crippen LogP contribution is -2.35. The van der Waals surface area contributed by atoms with Gasteiger partial charge in [-0.2, -0.15) is 0 Å². The SMILES string of the molecule is CCN(CC1CCOC1)C(=O)CCc1nc2cc(S(=O)(=O)N(C)C)ccc2n1CC. The van der Waals surface area contributed by atoms with E-state index in [1.54, 1.807) is 18.2 Å². The van der Waals surface area contributed by atoms with Gasteiger partial charge in [0.15, 0.2) is 0 Å². The van der Waals surface area contributed by atoms with Gasteiger partial charge in [0.25, 0.3) is 0 Å². The van der Waals surface area contributed by atoms with E-state index in [1.165, 1.54) is 18.4 Å². The molecule has 2 aromatic rings. The van der Waals surface area contributed by atoms with Crippen LogP contribution in [0.25, 0.3) is 11.0 Å². The van der Waals surface area contributed by atoms with E-state index >= 15 is 0 Å². The molecule has 0 aliphatic carbocycles. The molecule has 0 spiro atoms. The van der Waals surface area contributed by atoms with Crippen LogP contribution in [0.2, 0.25) is 0 Å². The summed E-state index contributed by atoms with van der Waals surface area (Å²) in [5.74, 6) is 1.35. The molecule has 1 aliphatic rings. The highest BCUT2D eigenvalue weighted by Crippen LogP contribution is 2.23. The Morgan fingerprint density at radius 2 is 2.07 bits per heavy atom. The van der Waals surface area contributed by atoms with Gasteiger partial charge < -0.3 is 14.2 Å². The van der Waals surface area contributed by atoms with E-state index in [2.05, 4.69) is 9.55 Å². The van der Waals surface area contributed by atoms with Gasteiger partial charge in [-0.25, -0.2) is 17.7 Å². The highest BCUT2D eigenvalue weighted by molar-refractivity contribution is 7.89. The normalized spacial score (nSPS) is 17.2. The molecule has 1 fully saturated rings.